The van der Waals surface area contributed by atoms with Gasteiger partial charge in [0.15, 0.2) is 0 Å². The Kier molecular flexibility index (Phi) is 2.40. The largest absolute Gasteiger partial charge is 0.461 e. The van der Waals surface area contributed by atoms with Gasteiger partial charge in [0.05, 0.1) is 0 Å². The topological polar surface area (TPSA) is 9.23 Å². The van der Waals surface area contributed by atoms with Gasteiger partial charge in [-0.3, -0.25) is 0 Å². The highest BCUT2D eigenvalue weighted by Gasteiger charge is 2.07. The van der Waals surface area contributed by atoms with Crippen molar-refractivity contribution in [2.75, 3.05) is 0 Å². The molecule has 0 saturated heterocycles. The smallest absolute Gasteiger partial charge is 0.132 e. The van der Waals surface area contributed by atoms with Crippen LogP contribution < -0.4 is 4.74 Å². The second kappa shape index (κ2) is 3.70. The number of hydrogen-bond donors (Lipinski definition) is 0. The van der Waals surface area contributed by atoms with Gasteiger partial charge < -0.3 is 4.74 Å². The summed E-state index contributed by atoms with van der Waals surface area (Å²) in [6.45, 7) is 4.15. The maximum atomic E-state index is 5.84. The Labute approximate surface area is 84.7 Å². The van der Waals surface area contributed by atoms with Crippen LogP contribution in [0, 0.1) is 13.8 Å². The van der Waals surface area contributed by atoms with E-state index in [2.05, 4.69) is 38.1 Å². The average Bonchev–Trinajstić information content (AvgIpc) is 2.64. The molecule has 0 N–H and O–H groups in total. The minimum atomic E-state index is 0.910. The van der Waals surface area contributed by atoms with Crippen LogP contribution in [-0.4, -0.2) is 0 Å². The Morgan fingerprint density at radius 3 is 2.43 bits per heavy atom. The monoisotopic (exact) mass is 186 g/mol. The summed E-state index contributed by atoms with van der Waals surface area (Å²) in [5, 5.41) is 0. The second-order valence-electron chi connectivity index (χ2n) is 3.59. The minimum Gasteiger partial charge on any atom is -0.461 e. The fourth-order valence-corrected chi connectivity index (χ4v) is 1.59. The zero-order valence-corrected chi connectivity index (χ0v) is 8.58. The first-order valence-electron chi connectivity index (χ1n) is 4.87. The highest BCUT2D eigenvalue weighted by atomic mass is 16.5. The molecule has 14 heavy (non-hydrogen) atoms. The van der Waals surface area contributed by atoms with E-state index in [0.717, 1.165) is 17.9 Å². The lowest BCUT2D eigenvalue weighted by Crippen LogP contribution is -1.96. The summed E-state index contributed by atoms with van der Waals surface area (Å²) in [5.74, 6) is 2.03. The molecule has 1 aliphatic rings. The van der Waals surface area contributed by atoms with Crippen LogP contribution in [0.4, 0.5) is 0 Å². The number of hydrogen-bond acceptors (Lipinski definition) is 1. The zero-order valence-electron chi connectivity index (χ0n) is 8.58. The van der Waals surface area contributed by atoms with E-state index in [4.69, 9.17) is 4.74 Å². The van der Waals surface area contributed by atoms with Crippen molar-refractivity contribution in [3.63, 3.8) is 0 Å². The van der Waals surface area contributed by atoms with E-state index in [0.29, 0.717) is 0 Å². The van der Waals surface area contributed by atoms with Crippen molar-refractivity contribution in [1.29, 1.82) is 0 Å². The lowest BCUT2D eigenvalue weighted by atomic mass is 10.1. The van der Waals surface area contributed by atoms with Crippen molar-refractivity contribution < 1.29 is 4.74 Å². The van der Waals surface area contributed by atoms with Gasteiger partial charge in [-0.2, -0.15) is 0 Å². The molecule has 0 aliphatic heterocycles. The molecule has 1 aromatic carbocycles. The van der Waals surface area contributed by atoms with Gasteiger partial charge in [-0.1, -0.05) is 30.4 Å². The molecule has 1 aromatic rings. The molecular formula is C13H14O. The lowest BCUT2D eigenvalue weighted by molar-refractivity contribution is 0.413. The summed E-state index contributed by atoms with van der Waals surface area (Å²) in [6.07, 6.45) is 7.06. The van der Waals surface area contributed by atoms with E-state index in [1.54, 1.807) is 0 Å². The predicted octanol–water partition coefficient (Wildman–Crippen LogP) is 3.53. The molecular weight excluding hydrogens is 172 g/mol. The number of allylic oxidation sites excluding steroid dienone is 3. The molecule has 1 aliphatic carbocycles. The fourth-order valence-electron chi connectivity index (χ4n) is 1.59. The first kappa shape index (κ1) is 9.07. The van der Waals surface area contributed by atoms with E-state index < -0.39 is 0 Å². The van der Waals surface area contributed by atoms with Gasteiger partial charge >= 0.3 is 0 Å². The molecule has 1 nitrogen and oxygen atoms in total. The molecule has 0 spiro atoms. The maximum absolute atomic E-state index is 5.84. The first-order chi connectivity index (χ1) is 6.77. The van der Waals surface area contributed by atoms with Gasteiger partial charge in [-0.05, 0) is 31.1 Å². The average molecular weight is 186 g/mol. The molecule has 0 fully saturated rings. The predicted molar refractivity (Wildman–Crippen MR) is 58.4 cm³/mol. The van der Waals surface area contributed by atoms with E-state index in [-0.39, 0.29) is 0 Å². The van der Waals surface area contributed by atoms with Crippen LogP contribution in [-0.2, 0) is 0 Å². The molecule has 1 heteroatoms. The summed E-state index contributed by atoms with van der Waals surface area (Å²) in [7, 11) is 0. The van der Waals surface area contributed by atoms with E-state index in [1.165, 1.54) is 11.1 Å². The molecule has 0 unspecified atom stereocenters. The van der Waals surface area contributed by atoms with Crippen molar-refractivity contribution in [2.24, 2.45) is 0 Å². The van der Waals surface area contributed by atoms with Crippen LogP contribution >= 0.6 is 0 Å². The normalized spacial score (nSPS) is 14.3. The third kappa shape index (κ3) is 1.72. The van der Waals surface area contributed by atoms with E-state index in [1.807, 2.05) is 12.2 Å². The van der Waals surface area contributed by atoms with E-state index >= 15 is 0 Å². The van der Waals surface area contributed by atoms with Crippen molar-refractivity contribution in [2.45, 2.75) is 20.3 Å². The van der Waals surface area contributed by atoms with Crippen LogP contribution in [0.15, 0.2) is 42.2 Å². The maximum Gasteiger partial charge on any atom is 0.132 e. The summed E-state index contributed by atoms with van der Waals surface area (Å²) in [4.78, 5) is 0. The number of aryl methyl sites for hydroxylation is 2. The van der Waals surface area contributed by atoms with Gasteiger partial charge in [0, 0.05) is 6.42 Å². The molecule has 0 saturated carbocycles. The SMILES string of the molecule is Cc1cccc(C)c1OC1=CC=CC1. The molecule has 0 atom stereocenters. The zero-order chi connectivity index (χ0) is 9.97. The summed E-state index contributed by atoms with van der Waals surface area (Å²) < 4.78 is 5.84. The summed E-state index contributed by atoms with van der Waals surface area (Å²) >= 11 is 0. The number of rotatable bonds is 2. The van der Waals surface area contributed by atoms with Gasteiger partial charge in [0.25, 0.3) is 0 Å². The standard InChI is InChI=1S/C13H14O/c1-10-6-5-7-11(2)13(10)14-12-8-3-4-9-12/h3-8H,9H2,1-2H3. The molecule has 0 aromatic heterocycles. The molecule has 72 valence electrons. The Morgan fingerprint density at radius 1 is 1.14 bits per heavy atom. The fraction of sp³-hybridized carbons (Fsp3) is 0.231. The van der Waals surface area contributed by atoms with Crippen LogP contribution in [0.2, 0.25) is 0 Å². The van der Waals surface area contributed by atoms with Gasteiger partial charge in [-0.25, -0.2) is 0 Å². The lowest BCUT2D eigenvalue weighted by Gasteiger charge is -2.11. The van der Waals surface area contributed by atoms with Gasteiger partial charge in [0.2, 0.25) is 0 Å². The molecule has 0 bridgehead atoms. The molecule has 2 rings (SSSR count). The van der Waals surface area contributed by atoms with Crippen LogP contribution in [0.1, 0.15) is 17.5 Å². The Balaban J connectivity index is 2.24. The van der Waals surface area contributed by atoms with E-state index in [9.17, 15) is 0 Å². The van der Waals surface area contributed by atoms with Gasteiger partial charge in [0.1, 0.15) is 11.5 Å². The quantitative estimate of drug-likeness (QED) is 0.686. The number of para-hydroxylation sites is 1. The molecule has 0 heterocycles. The summed E-state index contributed by atoms with van der Waals surface area (Å²) in [5.41, 5.74) is 2.38. The Morgan fingerprint density at radius 2 is 1.86 bits per heavy atom. The Hall–Kier alpha value is -1.50. The van der Waals surface area contributed by atoms with Crippen molar-refractivity contribution in [3.05, 3.63) is 53.3 Å². The Bertz CT molecular complexity index is 379. The van der Waals surface area contributed by atoms with Crippen molar-refractivity contribution >= 4 is 0 Å². The number of ether oxygens (including phenoxy) is 1. The highest BCUT2D eigenvalue weighted by Crippen LogP contribution is 2.26. The van der Waals surface area contributed by atoms with Crippen LogP contribution in [0.5, 0.6) is 5.75 Å². The third-order valence-corrected chi connectivity index (χ3v) is 2.38. The van der Waals surface area contributed by atoms with Gasteiger partial charge in [-0.15, -0.1) is 0 Å². The molecule has 0 radical (unpaired) electrons. The number of benzene rings is 1. The van der Waals surface area contributed by atoms with Crippen molar-refractivity contribution in [3.8, 4) is 5.75 Å². The minimum absolute atomic E-state index is 0.910. The van der Waals surface area contributed by atoms with Crippen LogP contribution in [0.25, 0.3) is 0 Å². The summed E-state index contributed by atoms with van der Waals surface area (Å²) in [6, 6.07) is 6.20. The first-order valence-corrected chi connectivity index (χ1v) is 4.87. The second-order valence-corrected chi connectivity index (χ2v) is 3.59. The molecule has 0 amide bonds. The van der Waals surface area contributed by atoms with Crippen molar-refractivity contribution in [1.82, 2.24) is 0 Å². The van der Waals surface area contributed by atoms with Crippen LogP contribution in [0.3, 0.4) is 0 Å². The third-order valence-electron chi connectivity index (χ3n) is 2.38. The highest BCUT2D eigenvalue weighted by molar-refractivity contribution is 5.41.